The molecule has 1 aromatic carbocycles. The van der Waals surface area contributed by atoms with Gasteiger partial charge in [-0.3, -0.25) is 9.69 Å². The van der Waals surface area contributed by atoms with Crippen LogP contribution < -0.4 is 5.32 Å². The number of nitrogens with one attached hydrogen (secondary N) is 1. The fourth-order valence-corrected chi connectivity index (χ4v) is 2.04. The fraction of sp³-hybridized carbons (Fsp3) is 0.273. The number of amides is 1. The number of carbonyl (C=O) groups is 1. The molecule has 1 unspecified atom stereocenters. The minimum atomic E-state index is 0.00111. The van der Waals surface area contributed by atoms with Gasteiger partial charge in [-0.15, -0.1) is 0 Å². The molecule has 15 heavy (non-hydrogen) atoms. The van der Waals surface area contributed by atoms with Crippen molar-refractivity contribution in [2.24, 2.45) is 0 Å². The first-order valence-electron chi connectivity index (χ1n) is 4.85. The number of benzene rings is 1. The smallest absolute Gasteiger partial charge is 0.248 e. The molecule has 1 aromatic rings. The lowest BCUT2D eigenvalue weighted by atomic mass is 10.1. The summed E-state index contributed by atoms with van der Waals surface area (Å²) in [6, 6.07) is 9.88. The summed E-state index contributed by atoms with van der Waals surface area (Å²) in [7, 11) is 0. The molecule has 1 aliphatic heterocycles. The van der Waals surface area contributed by atoms with E-state index in [0.29, 0.717) is 11.7 Å². The highest BCUT2D eigenvalue weighted by atomic mass is 32.1. The molecular formula is C11H12N2OS. The molecular weight excluding hydrogens is 208 g/mol. The molecule has 1 aliphatic rings. The van der Waals surface area contributed by atoms with Gasteiger partial charge in [0.1, 0.15) is 0 Å². The number of nitrogens with zero attached hydrogens (tertiary/aromatic N) is 1. The van der Waals surface area contributed by atoms with E-state index in [2.05, 4.69) is 5.32 Å². The van der Waals surface area contributed by atoms with Crippen LogP contribution in [0.1, 0.15) is 18.5 Å². The van der Waals surface area contributed by atoms with Gasteiger partial charge >= 0.3 is 0 Å². The maximum Gasteiger partial charge on any atom is 0.248 e. The summed E-state index contributed by atoms with van der Waals surface area (Å²) >= 11 is 5.09. The average Bonchev–Trinajstić information content (AvgIpc) is 2.59. The summed E-state index contributed by atoms with van der Waals surface area (Å²) in [6.07, 6.45) is 0. The molecule has 0 aromatic heterocycles. The molecule has 1 atom stereocenters. The first kappa shape index (κ1) is 10.1. The molecule has 2 rings (SSSR count). The van der Waals surface area contributed by atoms with Gasteiger partial charge in [-0.1, -0.05) is 30.3 Å². The van der Waals surface area contributed by atoms with E-state index in [1.165, 1.54) is 0 Å². The molecule has 1 amide bonds. The summed E-state index contributed by atoms with van der Waals surface area (Å²) in [6.45, 7) is 2.29. The van der Waals surface area contributed by atoms with Crippen LogP contribution in [0, 0.1) is 0 Å². The number of hydrogen-bond acceptors (Lipinski definition) is 2. The zero-order valence-corrected chi connectivity index (χ0v) is 9.25. The standard InChI is InChI=1S/C11H12N2OS/c1-8(9-5-3-2-4-6-9)13-10(14)7-12-11(13)15/h2-6,8H,7H2,1H3,(H,12,15). The third-order valence-electron chi connectivity index (χ3n) is 2.55. The highest BCUT2D eigenvalue weighted by molar-refractivity contribution is 7.80. The lowest BCUT2D eigenvalue weighted by Gasteiger charge is -2.23. The third-order valence-corrected chi connectivity index (χ3v) is 2.89. The van der Waals surface area contributed by atoms with Crippen molar-refractivity contribution < 1.29 is 4.79 Å². The largest absolute Gasteiger partial charge is 0.353 e. The molecule has 1 saturated heterocycles. The van der Waals surface area contributed by atoms with Crippen molar-refractivity contribution >= 4 is 23.2 Å². The van der Waals surface area contributed by atoms with Gasteiger partial charge < -0.3 is 5.32 Å². The first-order valence-corrected chi connectivity index (χ1v) is 5.26. The average molecular weight is 220 g/mol. The number of hydrogen-bond donors (Lipinski definition) is 1. The van der Waals surface area contributed by atoms with E-state index in [1.54, 1.807) is 4.90 Å². The van der Waals surface area contributed by atoms with Gasteiger partial charge in [-0.05, 0) is 24.7 Å². The quantitative estimate of drug-likeness (QED) is 0.766. The van der Waals surface area contributed by atoms with Crippen molar-refractivity contribution in [1.82, 2.24) is 10.2 Å². The predicted molar refractivity (Wildman–Crippen MR) is 62.3 cm³/mol. The zero-order valence-electron chi connectivity index (χ0n) is 8.43. The van der Waals surface area contributed by atoms with E-state index in [0.717, 1.165) is 5.56 Å². The Labute approximate surface area is 94.1 Å². The molecule has 0 aliphatic carbocycles. The van der Waals surface area contributed by atoms with E-state index in [9.17, 15) is 4.79 Å². The lowest BCUT2D eigenvalue weighted by Crippen LogP contribution is -2.33. The van der Waals surface area contributed by atoms with Crippen LogP contribution in [0.15, 0.2) is 30.3 Å². The Kier molecular flexibility index (Phi) is 2.68. The second-order valence-electron chi connectivity index (χ2n) is 3.51. The minimum Gasteiger partial charge on any atom is -0.353 e. The number of carbonyl (C=O) groups excluding carboxylic acids is 1. The Balaban J connectivity index is 2.24. The van der Waals surface area contributed by atoms with Crippen LogP contribution >= 0.6 is 12.2 Å². The molecule has 0 radical (unpaired) electrons. The van der Waals surface area contributed by atoms with Crippen LogP contribution in [-0.4, -0.2) is 22.5 Å². The summed E-state index contributed by atoms with van der Waals surface area (Å²) < 4.78 is 0. The van der Waals surface area contributed by atoms with Gasteiger partial charge in [0.05, 0.1) is 12.6 Å². The fourth-order valence-electron chi connectivity index (χ4n) is 1.71. The van der Waals surface area contributed by atoms with E-state index >= 15 is 0 Å². The van der Waals surface area contributed by atoms with E-state index in [4.69, 9.17) is 12.2 Å². The third kappa shape index (κ3) is 1.85. The molecule has 1 fully saturated rings. The van der Waals surface area contributed by atoms with E-state index in [1.807, 2.05) is 37.3 Å². The van der Waals surface area contributed by atoms with Crippen molar-refractivity contribution in [2.45, 2.75) is 13.0 Å². The Morgan fingerprint density at radius 1 is 1.40 bits per heavy atom. The van der Waals surface area contributed by atoms with Crippen molar-refractivity contribution in [1.29, 1.82) is 0 Å². The Morgan fingerprint density at radius 2 is 2.07 bits per heavy atom. The summed E-state index contributed by atoms with van der Waals surface area (Å²) in [5, 5.41) is 3.40. The molecule has 4 heteroatoms. The second-order valence-corrected chi connectivity index (χ2v) is 3.90. The highest BCUT2D eigenvalue weighted by Gasteiger charge is 2.30. The van der Waals surface area contributed by atoms with Crippen LogP contribution in [0.4, 0.5) is 0 Å². The molecule has 78 valence electrons. The normalized spacial score (nSPS) is 17.8. The van der Waals surface area contributed by atoms with Crippen molar-refractivity contribution in [3.63, 3.8) is 0 Å². The van der Waals surface area contributed by atoms with Gasteiger partial charge in [0.15, 0.2) is 5.11 Å². The van der Waals surface area contributed by atoms with Crippen molar-refractivity contribution in [3.8, 4) is 0 Å². The molecule has 1 heterocycles. The van der Waals surface area contributed by atoms with Crippen molar-refractivity contribution in [2.75, 3.05) is 6.54 Å². The zero-order chi connectivity index (χ0) is 10.8. The predicted octanol–water partition coefficient (Wildman–Crippen LogP) is 1.46. The Bertz CT molecular complexity index is 375. The van der Waals surface area contributed by atoms with Crippen LogP contribution in [0.5, 0.6) is 0 Å². The summed E-state index contributed by atoms with van der Waals surface area (Å²) in [5.41, 5.74) is 1.09. The van der Waals surface area contributed by atoms with Crippen LogP contribution in [0.25, 0.3) is 0 Å². The van der Waals surface area contributed by atoms with Crippen LogP contribution in [0.3, 0.4) is 0 Å². The van der Waals surface area contributed by atoms with Gasteiger partial charge in [-0.2, -0.15) is 0 Å². The minimum absolute atomic E-state index is 0.00111. The maximum atomic E-state index is 11.6. The lowest BCUT2D eigenvalue weighted by molar-refractivity contribution is -0.125. The molecule has 3 nitrogen and oxygen atoms in total. The van der Waals surface area contributed by atoms with Crippen LogP contribution in [0.2, 0.25) is 0 Å². The van der Waals surface area contributed by atoms with Gasteiger partial charge in [0, 0.05) is 0 Å². The Morgan fingerprint density at radius 3 is 2.60 bits per heavy atom. The van der Waals surface area contributed by atoms with Gasteiger partial charge in [0.25, 0.3) is 0 Å². The summed E-state index contributed by atoms with van der Waals surface area (Å²) in [4.78, 5) is 13.2. The monoisotopic (exact) mass is 220 g/mol. The topological polar surface area (TPSA) is 32.3 Å². The van der Waals surface area contributed by atoms with Crippen molar-refractivity contribution in [3.05, 3.63) is 35.9 Å². The van der Waals surface area contributed by atoms with Crippen LogP contribution in [-0.2, 0) is 4.79 Å². The van der Waals surface area contributed by atoms with E-state index < -0.39 is 0 Å². The summed E-state index contributed by atoms with van der Waals surface area (Å²) in [5.74, 6) is 0.0383. The number of thiocarbonyl (C=S) groups is 1. The SMILES string of the molecule is CC(c1ccccc1)N1C(=O)CNC1=S. The van der Waals surface area contributed by atoms with E-state index in [-0.39, 0.29) is 11.9 Å². The Hall–Kier alpha value is -1.42. The molecule has 0 bridgehead atoms. The van der Waals surface area contributed by atoms with Gasteiger partial charge in [-0.25, -0.2) is 0 Å². The molecule has 0 saturated carbocycles. The van der Waals surface area contributed by atoms with Gasteiger partial charge in [0.2, 0.25) is 5.91 Å². The molecule has 1 N–H and O–H groups in total. The second kappa shape index (κ2) is 3.98. The number of rotatable bonds is 2. The highest BCUT2D eigenvalue weighted by Crippen LogP contribution is 2.21. The first-order chi connectivity index (χ1) is 7.20. The maximum absolute atomic E-state index is 11.6. The molecule has 0 spiro atoms.